The van der Waals surface area contributed by atoms with E-state index in [1.165, 1.54) is 0 Å². The minimum absolute atomic E-state index is 0.0825. The molecule has 0 heterocycles. The van der Waals surface area contributed by atoms with Crippen LogP contribution in [0.3, 0.4) is 0 Å². The molecule has 0 fully saturated rings. The third-order valence-corrected chi connectivity index (χ3v) is 2.28. The molecule has 0 radical (unpaired) electrons. The largest absolute Gasteiger partial charge is 0.496 e. The quantitative estimate of drug-likeness (QED) is 0.807. The van der Waals surface area contributed by atoms with Crippen LogP contribution in [-0.2, 0) is 4.79 Å². The molecule has 0 atom stereocenters. The highest BCUT2D eigenvalue weighted by Gasteiger charge is 2.08. The van der Waals surface area contributed by atoms with Crippen molar-refractivity contribution in [3.05, 3.63) is 29.3 Å². The second-order valence-electron chi connectivity index (χ2n) is 3.58. The molecule has 0 saturated carbocycles. The maximum atomic E-state index is 11.6. The molecule has 1 rings (SSSR count). The lowest BCUT2D eigenvalue weighted by atomic mass is 10.1. The van der Waals surface area contributed by atoms with Gasteiger partial charge in [-0.3, -0.25) is 9.59 Å². The van der Waals surface area contributed by atoms with Crippen LogP contribution in [0, 0.1) is 6.92 Å². The van der Waals surface area contributed by atoms with Crippen LogP contribution in [0.5, 0.6) is 5.75 Å². The number of methoxy groups -OCH3 is 1. The number of carbonyl (C=O) groups is 2. The van der Waals surface area contributed by atoms with Crippen molar-refractivity contribution in [2.75, 3.05) is 13.7 Å². The third kappa shape index (κ3) is 3.79. The summed E-state index contributed by atoms with van der Waals surface area (Å²) in [5.41, 5.74) is 1.35. The topological polar surface area (TPSA) is 75.6 Å². The van der Waals surface area contributed by atoms with Crippen LogP contribution in [0.15, 0.2) is 18.2 Å². The molecule has 5 heteroatoms. The lowest BCUT2D eigenvalue weighted by Gasteiger charge is -2.07. The second-order valence-corrected chi connectivity index (χ2v) is 3.58. The number of ether oxygens (including phenoxy) is 1. The van der Waals surface area contributed by atoms with E-state index in [0.29, 0.717) is 11.3 Å². The summed E-state index contributed by atoms with van der Waals surface area (Å²) in [5, 5.41) is 11.0. The molecular formula is C12H15NO4. The number of benzene rings is 1. The molecule has 0 saturated heterocycles. The molecule has 1 aromatic rings. The summed E-state index contributed by atoms with van der Waals surface area (Å²) in [6.07, 6.45) is -0.0825. The Bertz CT molecular complexity index is 429. The fourth-order valence-electron chi connectivity index (χ4n) is 1.40. The smallest absolute Gasteiger partial charge is 0.305 e. The van der Waals surface area contributed by atoms with E-state index in [2.05, 4.69) is 5.32 Å². The zero-order valence-corrected chi connectivity index (χ0v) is 9.82. The van der Waals surface area contributed by atoms with Gasteiger partial charge in [-0.1, -0.05) is 0 Å². The number of carboxylic acid groups (broad SMARTS) is 1. The molecule has 2 N–H and O–H groups in total. The van der Waals surface area contributed by atoms with Crippen LogP contribution in [0.2, 0.25) is 0 Å². The van der Waals surface area contributed by atoms with Gasteiger partial charge in [0, 0.05) is 12.1 Å². The molecule has 1 aromatic carbocycles. The van der Waals surface area contributed by atoms with Crippen LogP contribution in [0.4, 0.5) is 0 Å². The van der Waals surface area contributed by atoms with Gasteiger partial charge in [0.25, 0.3) is 5.91 Å². The Hall–Kier alpha value is -2.04. The molecular weight excluding hydrogens is 222 g/mol. The highest BCUT2D eigenvalue weighted by Crippen LogP contribution is 2.18. The van der Waals surface area contributed by atoms with Gasteiger partial charge in [-0.15, -0.1) is 0 Å². The monoisotopic (exact) mass is 237 g/mol. The highest BCUT2D eigenvalue weighted by atomic mass is 16.5. The number of aliphatic carboxylic acids is 1. The summed E-state index contributed by atoms with van der Waals surface area (Å²) in [7, 11) is 1.56. The Labute approximate surface area is 99.4 Å². The number of amides is 1. The van der Waals surface area contributed by atoms with Gasteiger partial charge in [-0.05, 0) is 30.7 Å². The van der Waals surface area contributed by atoms with Gasteiger partial charge in [0.2, 0.25) is 0 Å². The zero-order valence-electron chi connectivity index (χ0n) is 9.82. The first kappa shape index (κ1) is 13.0. The molecule has 0 spiro atoms. The lowest BCUT2D eigenvalue weighted by Crippen LogP contribution is -2.26. The molecule has 0 aromatic heterocycles. The normalized spacial score (nSPS) is 9.76. The highest BCUT2D eigenvalue weighted by molar-refractivity contribution is 5.94. The number of hydrogen-bond acceptors (Lipinski definition) is 3. The molecule has 0 aliphatic rings. The Morgan fingerprint density at radius 3 is 2.65 bits per heavy atom. The summed E-state index contributed by atoms with van der Waals surface area (Å²) < 4.78 is 5.08. The van der Waals surface area contributed by atoms with E-state index in [-0.39, 0.29) is 18.9 Å². The molecule has 17 heavy (non-hydrogen) atoms. The van der Waals surface area contributed by atoms with Crippen molar-refractivity contribution < 1.29 is 19.4 Å². The first-order chi connectivity index (χ1) is 8.04. The predicted octanol–water partition coefficient (Wildman–Crippen LogP) is 1.21. The van der Waals surface area contributed by atoms with Crippen molar-refractivity contribution in [3.63, 3.8) is 0 Å². The number of rotatable bonds is 5. The van der Waals surface area contributed by atoms with Crippen molar-refractivity contribution in [1.29, 1.82) is 0 Å². The van der Waals surface area contributed by atoms with Gasteiger partial charge in [0.05, 0.1) is 13.5 Å². The Morgan fingerprint density at radius 1 is 1.41 bits per heavy atom. The molecule has 0 bridgehead atoms. The number of aryl methyl sites for hydroxylation is 1. The van der Waals surface area contributed by atoms with Crippen molar-refractivity contribution >= 4 is 11.9 Å². The Morgan fingerprint density at radius 2 is 2.12 bits per heavy atom. The fraction of sp³-hybridized carbons (Fsp3) is 0.333. The maximum absolute atomic E-state index is 11.6. The fourth-order valence-corrected chi connectivity index (χ4v) is 1.40. The average molecular weight is 237 g/mol. The first-order valence-corrected chi connectivity index (χ1v) is 5.19. The van der Waals surface area contributed by atoms with Crippen LogP contribution in [0.25, 0.3) is 0 Å². The standard InChI is InChI=1S/C12H15NO4/c1-8-7-9(3-4-10(8)17-2)12(16)13-6-5-11(14)15/h3-4,7H,5-6H2,1-2H3,(H,13,16)(H,14,15). The van der Waals surface area contributed by atoms with Crippen molar-refractivity contribution in [2.45, 2.75) is 13.3 Å². The van der Waals surface area contributed by atoms with E-state index in [1.54, 1.807) is 25.3 Å². The van der Waals surface area contributed by atoms with Crippen LogP contribution in [-0.4, -0.2) is 30.6 Å². The lowest BCUT2D eigenvalue weighted by molar-refractivity contribution is -0.136. The summed E-state index contributed by atoms with van der Waals surface area (Å²) >= 11 is 0. The number of carbonyl (C=O) groups excluding carboxylic acids is 1. The van der Waals surface area contributed by atoms with Crippen molar-refractivity contribution in [2.24, 2.45) is 0 Å². The molecule has 5 nitrogen and oxygen atoms in total. The van der Waals surface area contributed by atoms with E-state index in [1.807, 2.05) is 6.92 Å². The zero-order chi connectivity index (χ0) is 12.8. The van der Waals surface area contributed by atoms with E-state index < -0.39 is 5.97 Å². The van der Waals surface area contributed by atoms with Gasteiger partial charge in [-0.25, -0.2) is 0 Å². The van der Waals surface area contributed by atoms with Gasteiger partial charge in [0.15, 0.2) is 0 Å². The second kappa shape index (κ2) is 5.89. The van der Waals surface area contributed by atoms with E-state index in [0.717, 1.165) is 5.56 Å². The van der Waals surface area contributed by atoms with Gasteiger partial charge < -0.3 is 15.2 Å². The van der Waals surface area contributed by atoms with Gasteiger partial charge in [-0.2, -0.15) is 0 Å². The Kier molecular flexibility index (Phi) is 4.51. The van der Waals surface area contributed by atoms with Gasteiger partial charge in [0.1, 0.15) is 5.75 Å². The average Bonchev–Trinajstić information content (AvgIpc) is 2.28. The number of hydrogen-bond donors (Lipinski definition) is 2. The van der Waals surface area contributed by atoms with E-state index in [4.69, 9.17) is 9.84 Å². The SMILES string of the molecule is COc1ccc(C(=O)NCCC(=O)O)cc1C. The molecule has 0 unspecified atom stereocenters. The molecule has 1 amide bonds. The summed E-state index contributed by atoms with van der Waals surface area (Å²) in [5.74, 6) is -0.500. The summed E-state index contributed by atoms with van der Waals surface area (Å²) in [6, 6.07) is 5.05. The summed E-state index contributed by atoms with van der Waals surface area (Å²) in [6.45, 7) is 1.96. The number of carboxylic acids is 1. The van der Waals surface area contributed by atoms with E-state index >= 15 is 0 Å². The van der Waals surface area contributed by atoms with E-state index in [9.17, 15) is 9.59 Å². The maximum Gasteiger partial charge on any atom is 0.305 e. The minimum atomic E-state index is -0.934. The predicted molar refractivity (Wildman–Crippen MR) is 62.3 cm³/mol. The number of nitrogens with one attached hydrogen (secondary N) is 1. The van der Waals surface area contributed by atoms with Crippen LogP contribution in [0.1, 0.15) is 22.3 Å². The molecule has 92 valence electrons. The van der Waals surface area contributed by atoms with Gasteiger partial charge >= 0.3 is 5.97 Å². The van der Waals surface area contributed by atoms with Crippen molar-refractivity contribution in [3.8, 4) is 5.75 Å². The minimum Gasteiger partial charge on any atom is -0.496 e. The van der Waals surface area contributed by atoms with Crippen molar-refractivity contribution in [1.82, 2.24) is 5.32 Å². The van der Waals surface area contributed by atoms with Crippen LogP contribution >= 0.6 is 0 Å². The Balaban J connectivity index is 2.63. The summed E-state index contributed by atoms with van der Waals surface area (Å²) in [4.78, 5) is 21.9. The molecule has 0 aliphatic carbocycles. The van der Waals surface area contributed by atoms with Crippen LogP contribution < -0.4 is 10.1 Å². The third-order valence-electron chi connectivity index (χ3n) is 2.28. The first-order valence-electron chi connectivity index (χ1n) is 5.19. The molecule has 0 aliphatic heterocycles.